The third-order valence-corrected chi connectivity index (χ3v) is 10.8. The summed E-state index contributed by atoms with van der Waals surface area (Å²) in [6.45, 7) is 0.0826. The quantitative estimate of drug-likeness (QED) is 0.117. The maximum Gasteiger partial charge on any atom is 0.336 e. The maximum atomic E-state index is 12.9. The van der Waals surface area contributed by atoms with Crippen molar-refractivity contribution < 1.29 is 32.9 Å². The molecule has 10 heteroatoms. The lowest BCUT2D eigenvalue weighted by molar-refractivity contribution is -0.245. The molecule has 6 rings (SSSR count). The zero-order valence-electron chi connectivity index (χ0n) is 25.9. The van der Waals surface area contributed by atoms with Gasteiger partial charge in [-0.2, -0.15) is 0 Å². The molecular formula is C38H35NO7S2. The number of sulfonamides is 1. The minimum atomic E-state index is -3.67. The fourth-order valence-corrected chi connectivity index (χ4v) is 7.70. The highest BCUT2D eigenvalue weighted by Gasteiger charge is 2.32. The Labute approximate surface area is 284 Å². The van der Waals surface area contributed by atoms with Crippen molar-refractivity contribution in [2.24, 2.45) is 0 Å². The molecule has 0 aromatic heterocycles. The Morgan fingerprint density at radius 3 is 2.19 bits per heavy atom. The van der Waals surface area contributed by atoms with Crippen molar-refractivity contribution in [1.82, 2.24) is 4.72 Å². The van der Waals surface area contributed by atoms with E-state index >= 15 is 0 Å². The van der Waals surface area contributed by atoms with E-state index in [1.165, 1.54) is 11.8 Å². The number of carboxylic acid groups (broad SMARTS) is 1. The molecule has 1 heterocycles. The molecule has 5 aromatic carbocycles. The first kappa shape index (κ1) is 33.6. The van der Waals surface area contributed by atoms with Gasteiger partial charge in [0.15, 0.2) is 6.29 Å². The molecule has 3 N–H and O–H groups in total. The third kappa shape index (κ3) is 8.04. The average Bonchev–Trinajstić information content (AvgIpc) is 3.13. The van der Waals surface area contributed by atoms with Crippen LogP contribution in [0, 0.1) is 0 Å². The van der Waals surface area contributed by atoms with Crippen LogP contribution in [0.1, 0.15) is 51.4 Å². The molecule has 0 saturated carbocycles. The van der Waals surface area contributed by atoms with Gasteiger partial charge in [-0.15, -0.1) is 11.8 Å². The fraction of sp³-hybridized carbons (Fsp3) is 0.184. The summed E-state index contributed by atoms with van der Waals surface area (Å²) in [7, 11) is -3.67. The number of thioether (sulfide) groups is 1. The number of hydrogen-bond donors (Lipinski definition) is 3. The molecule has 48 heavy (non-hydrogen) atoms. The molecule has 3 unspecified atom stereocenters. The van der Waals surface area contributed by atoms with Gasteiger partial charge in [-0.3, -0.25) is 0 Å². The second-order valence-electron chi connectivity index (χ2n) is 11.4. The van der Waals surface area contributed by atoms with Crippen LogP contribution >= 0.6 is 11.8 Å². The van der Waals surface area contributed by atoms with Crippen LogP contribution in [0.5, 0.6) is 0 Å². The molecule has 0 aliphatic carbocycles. The Balaban J connectivity index is 1.21. The van der Waals surface area contributed by atoms with Crippen LogP contribution in [-0.2, 0) is 32.6 Å². The van der Waals surface area contributed by atoms with Gasteiger partial charge >= 0.3 is 5.97 Å². The van der Waals surface area contributed by atoms with E-state index in [1.54, 1.807) is 48.5 Å². The van der Waals surface area contributed by atoms with E-state index in [9.17, 15) is 23.4 Å². The molecular weight excluding hydrogens is 647 g/mol. The van der Waals surface area contributed by atoms with Gasteiger partial charge in [0.1, 0.15) is 0 Å². The fourth-order valence-electron chi connectivity index (χ4n) is 5.61. The van der Waals surface area contributed by atoms with Gasteiger partial charge in [-0.1, -0.05) is 103 Å². The van der Waals surface area contributed by atoms with E-state index in [4.69, 9.17) is 9.47 Å². The van der Waals surface area contributed by atoms with Crippen molar-refractivity contribution in [3.05, 3.63) is 155 Å². The Morgan fingerprint density at radius 2 is 1.46 bits per heavy atom. The zero-order valence-corrected chi connectivity index (χ0v) is 27.6. The Hall–Kier alpha value is -4.29. The Bertz CT molecular complexity index is 1950. The molecule has 1 saturated heterocycles. The predicted molar refractivity (Wildman–Crippen MR) is 185 cm³/mol. The summed E-state index contributed by atoms with van der Waals surface area (Å²) < 4.78 is 41.4. The minimum absolute atomic E-state index is 0.0475. The van der Waals surface area contributed by atoms with E-state index in [0.29, 0.717) is 17.1 Å². The highest BCUT2D eigenvalue weighted by atomic mass is 32.2. The summed E-state index contributed by atoms with van der Waals surface area (Å²) >= 11 is 1.45. The molecule has 246 valence electrons. The van der Waals surface area contributed by atoms with E-state index in [1.807, 2.05) is 78.9 Å². The maximum absolute atomic E-state index is 12.9. The number of benzene rings is 5. The molecule has 3 atom stereocenters. The topological polar surface area (TPSA) is 122 Å². The van der Waals surface area contributed by atoms with Gasteiger partial charge in [0.2, 0.25) is 10.0 Å². The Morgan fingerprint density at radius 1 is 0.792 bits per heavy atom. The van der Waals surface area contributed by atoms with Crippen LogP contribution in [0.2, 0.25) is 0 Å². The van der Waals surface area contributed by atoms with Crippen LogP contribution in [0.15, 0.2) is 137 Å². The highest BCUT2D eigenvalue weighted by Crippen LogP contribution is 2.40. The average molecular weight is 682 g/mol. The number of nitrogens with one attached hydrogen (secondary N) is 1. The number of aliphatic hydroxyl groups excluding tert-OH is 1. The van der Waals surface area contributed by atoms with Crippen LogP contribution < -0.4 is 4.72 Å². The van der Waals surface area contributed by atoms with Crippen LogP contribution in [0.25, 0.3) is 11.1 Å². The number of aromatic carboxylic acids is 1. The molecule has 1 fully saturated rings. The van der Waals surface area contributed by atoms with Crippen molar-refractivity contribution >= 4 is 27.8 Å². The first-order valence-electron chi connectivity index (χ1n) is 15.5. The van der Waals surface area contributed by atoms with Gasteiger partial charge in [-0.25, -0.2) is 17.9 Å². The molecule has 0 spiro atoms. The predicted octanol–water partition coefficient (Wildman–Crippen LogP) is 7.36. The largest absolute Gasteiger partial charge is 0.478 e. The van der Waals surface area contributed by atoms with E-state index in [-0.39, 0.29) is 35.8 Å². The minimum Gasteiger partial charge on any atom is -0.478 e. The lowest BCUT2D eigenvalue weighted by Crippen LogP contribution is -2.31. The number of carboxylic acids is 1. The third-order valence-electron chi connectivity index (χ3n) is 8.17. The van der Waals surface area contributed by atoms with E-state index in [0.717, 1.165) is 33.4 Å². The number of aliphatic hydroxyl groups is 1. The summed E-state index contributed by atoms with van der Waals surface area (Å²) in [5.41, 5.74) is 5.49. The number of hydrogen-bond acceptors (Lipinski definition) is 7. The van der Waals surface area contributed by atoms with E-state index < -0.39 is 22.3 Å². The molecule has 5 aromatic rings. The summed E-state index contributed by atoms with van der Waals surface area (Å²) in [5.74, 6) is -0.444. The summed E-state index contributed by atoms with van der Waals surface area (Å²) in [5, 5.41) is 19.2. The van der Waals surface area contributed by atoms with Crippen LogP contribution in [0.3, 0.4) is 0 Å². The van der Waals surface area contributed by atoms with Crippen molar-refractivity contribution in [2.45, 2.75) is 47.9 Å². The van der Waals surface area contributed by atoms with E-state index in [2.05, 4.69) is 4.72 Å². The second-order valence-corrected chi connectivity index (χ2v) is 14.2. The summed E-state index contributed by atoms with van der Waals surface area (Å²) in [6, 6.07) is 38.4. The monoisotopic (exact) mass is 681 g/mol. The SMILES string of the molecule is O=C(O)c1ccccc1SCC1CC(c2ccc(CO)cc2)OC(c2ccc(-c3ccccc3CNS(=O)(=O)c3ccccc3)cc2)O1. The summed E-state index contributed by atoms with van der Waals surface area (Å²) in [4.78, 5) is 12.7. The molecule has 1 aliphatic rings. The smallest absolute Gasteiger partial charge is 0.336 e. The second kappa shape index (κ2) is 15.3. The van der Waals surface area contributed by atoms with Crippen molar-refractivity contribution in [3.8, 4) is 11.1 Å². The number of ether oxygens (including phenoxy) is 2. The summed E-state index contributed by atoms with van der Waals surface area (Å²) in [6.07, 6.45) is -0.628. The van der Waals surface area contributed by atoms with Gasteiger partial charge < -0.3 is 19.7 Å². The molecule has 0 amide bonds. The lowest BCUT2D eigenvalue weighted by atomic mass is 9.98. The standard InChI is InChI=1S/C38H35NO7S2/c40-24-26-14-16-28(17-15-26)35-22-31(25-47-36-13-7-6-12-34(36)37(41)42)45-38(46-35)29-20-18-27(19-21-29)33-11-5-4-8-30(33)23-39-48(43,44)32-9-2-1-3-10-32/h1-21,31,35,38-40H,22-25H2,(H,41,42). The molecule has 0 radical (unpaired) electrons. The van der Waals surface area contributed by atoms with Crippen molar-refractivity contribution in [2.75, 3.05) is 5.75 Å². The highest BCUT2D eigenvalue weighted by molar-refractivity contribution is 7.99. The normalized spacial score (nSPS) is 18.0. The van der Waals surface area contributed by atoms with Crippen LogP contribution in [-0.4, -0.2) is 36.5 Å². The molecule has 1 aliphatic heterocycles. The first-order chi connectivity index (χ1) is 23.3. The molecule has 8 nitrogen and oxygen atoms in total. The van der Waals surface area contributed by atoms with Crippen molar-refractivity contribution in [3.63, 3.8) is 0 Å². The lowest BCUT2D eigenvalue weighted by Gasteiger charge is -2.36. The zero-order chi connectivity index (χ0) is 33.5. The van der Waals surface area contributed by atoms with Gasteiger partial charge in [0.05, 0.1) is 29.3 Å². The molecule has 0 bridgehead atoms. The van der Waals surface area contributed by atoms with Crippen molar-refractivity contribution in [1.29, 1.82) is 0 Å². The van der Waals surface area contributed by atoms with Gasteiger partial charge in [-0.05, 0) is 52.1 Å². The number of carbonyl (C=O) groups is 1. The number of rotatable bonds is 12. The van der Waals surface area contributed by atoms with Gasteiger partial charge in [0.25, 0.3) is 0 Å². The first-order valence-corrected chi connectivity index (χ1v) is 18.0. The Kier molecular flexibility index (Phi) is 10.7. The van der Waals surface area contributed by atoms with Gasteiger partial charge in [0, 0.05) is 29.2 Å². The van der Waals surface area contributed by atoms with Crippen LogP contribution in [0.4, 0.5) is 0 Å².